The summed E-state index contributed by atoms with van der Waals surface area (Å²) in [5.74, 6) is -1.53. The minimum Gasteiger partial charge on any atom is -0.481 e. The second-order valence-electron chi connectivity index (χ2n) is 5.38. The first kappa shape index (κ1) is 14.8. The standard InChI is InChI=1S/C12H22N2O4/c1-8(10(15)16)9(2)13-11(17)14-5-6-18-7-12(14,3)4/h8-9H,5-7H2,1-4H3,(H,13,17)(H,15,16). The zero-order valence-corrected chi connectivity index (χ0v) is 11.4. The predicted molar refractivity (Wildman–Crippen MR) is 66.4 cm³/mol. The normalized spacial score (nSPS) is 22.1. The quantitative estimate of drug-likeness (QED) is 0.789. The number of hydrogen-bond donors (Lipinski definition) is 2. The van der Waals surface area contributed by atoms with Crippen LogP contribution < -0.4 is 5.32 Å². The van der Waals surface area contributed by atoms with Crippen molar-refractivity contribution < 1.29 is 19.4 Å². The molecule has 2 N–H and O–H groups in total. The lowest BCUT2D eigenvalue weighted by Crippen LogP contribution is -2.60. The van der Waals surface area contributed by atoms with Crippen molar-refractivity contribution in [1.29, 1.82) is 0 Å². The lowest BCUT2D eigenvalue weighted by atomic mass is 10.0. The molecule has 0 saturated carbocycles. The molecule has 0 spiro atoms. The van der Waals surface area contributed by atoms with Crippen molar-refractivity contribution in [2.24, 2.45) is 5.92 Å². The van der Waals surface area contributed by atoms with Crippen LogP contribution >= 0.6 is 0 Å². The molecular weight excluding hydrogens is 236 g/mol. The highest BCUT2D eigenvalue weighted by molar-refractivity contribution is 5.77. The van der Waals surface area contributed by atoms with Crippen LogP contribution in [0.4, 0.5) is 4.79 Å². The Hall–Kier alpha value is -1.30. The van der Waals surface area contributed by atoms with Gasteiger partial charge in [0.15, 0.2) is 0 Å². The van der Waals surface area contributed by atoms with Gasteiger partial charge in [0.05, 0.1) is 24.7 Å². The first-order chi connectivity index (χ1) is 8.25. The van der Waals surface area contributed by atoms with Crippen LogP contribution in [0.2, 0.25) is 0 Å². The minimum absolute atomic E-state index is 0.232. The Balaban J connectivity index is 2.62. The first-order valence-corrected chi connectivity index (χ1v) is 6.14. The maximum Gasteiger partial charge on any atom is 0.318 e. The minimum atomic E-state index is -0.913. The van der Waals surface area contributed by atoms with Crippen LogP contribution in [0.1, 0.15) is 27.7 Å². The average molecular weight is 258 g/mol. The van der Waals surface area contributed by atoms with E-state index in [1.807, 2.05) is 13.8 Å². The monoisotopic (exact) mass is 258 g/mol. The number of urea groups is 1. The second kappa shape index (κ2) is 5.56. The number of amides is 2. The molecule has 0 bridgehead atoms. The van der Waals surface area contributed by atoms with Crippen LogP contribution in [0.5, 0.6) is 0 Å². The molecule has 1 aliphatic heterocycles. The number of nitrogens with zero attached hydrogens (tertiary/aromatic N) is 1. The number of ether oxygens (including phenoxy) is 1. The molecule has 0 aliphatic carbocycles. The molecule has 6 heteroatoms. The van der Waals surface area contributed by atoms with Crippen molar-refractivity contribution in [3.8, 4) is 0 Å². The Labute approximate surface area is 107 Å². The van der Waals surface area contributed by atoms with Gasteiger partial charge in [-0.3, -0.25) is 4.79 Å². The van der Waals surface area contributed by atoms with Crippen molar-refractivity contribution in [2.75, 3.05) is 19.8 Å². The maximum absolute atomic E-state index is 12.1. The fourth-order valence-electron chi connectivity index (χ4n) is 1.85. The summed E-state index contributed by atoms with van der Waals surface area (Å²) in [6.45, 7) is 8.66. The lowest BCUT2D eigenvalue weighted by molar-refractivity contribution is -0.141. The van der Waals surface area contributed by atoms with Gasteiger partial charge < -0.3 is 20.1 Å². The Kier molecular flexibility index (Phi) is 4.56. The molecule has 6 nitrogen and oxygen atoms in total. The molecule has 2 unspecified atom stereocenters. The van der Waals surface area contributed by atoms with Crippen molar-refractivity contribution in [3.05, 3.63) is 0 Å². The summed E-state index contributed by atoms with van der Waals surface area (Å²) in [6, 6.07) is -0.641. The van der Waals surface area contributed by atoms with E-state index in [-0.39, 0.29) is 11.6 Å². The van der Waals surface area contributed by atoms with E-state index in [1.165, 1.54) is 0 Å². The summed E-state index contributed by atoms with van der Waals surface area (Å²) in [4.78, 5) is 24.7. The van der Waals surface area contributed by atoms with Crippen molar-refractivity contribution in [2.45, 2.75) is 39.3 Å². The van der Waals surface area contributed by atoms with E-state index in [2.05, 4.69) is 5.32 Å². The van der Waals surface area contributed by atoms with E-state index < -0.39 is 17.9 Å². The van der Waals surface area contributed by atoms with Crippen LogP contribution in [-0.4, -0.2) is 53.3 Å². The number of carbonyl (C=O) groups excluding carboxylic acids is 1. The van der Waals surface area contributed by atoms with Gasteiger partial charge in [0.1, 0.15) is 0 Å². The molecular formula is C12H22N2O4. The third-order valence-corrected chi connectivity index (χ3v) is 3.38. The molecule has 2 amide bonds. The Morgan fingerprint density at radius 3 is 2.50 bits per heavy atom. The Morgan fingerprint density at radius 1 is 1.39 bits per heavy atom. The zero-order chi connectivity index (χ0) is 13.9. The second-order valence-corrected chi connectivity index (χ2v) is 5.38. The molecule has 0 aromatic rings. The van der Waals surface area contributed by atoms with E-state index in [1.54, 1.807) is 18.7 Å². The zero-order valence-electron chi connectivity index (χ0n) is 11.4. The van der Waals surface area contributed by atoms with Gasteiger partial charge in [0.2, 0.25) is 0 Å². The third-order valence-electron chi connectivity index (χ3n) is 3.38. The Bertz CT molecular complexity index is 330. The SMILES string of the molecule is CC(NC(=O)N1CCOCC1(C)C)C(C)C(=O)O. The van der Waals surface area contributed by atoms with E-state index in [9.17, 15) is 9.59 Å². The molecule has 104 valence electrons. The number of carboxylic acid groups (broad SMARTS) is 1. The summed E-state index contributed by atoms with van der Waals surface area (Å²) in [5.41, 5.74) is -0.367. The smallest absolute Gasteiger partial charge is 0.318 e. The number of rotatable bonds is 3. The largest absolute Gasteiger partial charge is 0.481 e. The summed E-state index contributed by atoms with van der Waals surface area (Å²) in [5, 5.41) is 11.6. The first-order valence-electron chi connectivity index (χ1n) is 6.14. The molecule has 0 aromatic carbocycles. The van der Waals surface area contributed by atoms with Crippen LogP contribution in [0.25, 0.3) is 0 Å². The fourth-order valence-corrected chi connectivity index (χ4v) is 1.85. The van der Waals surface area contributed by atoms with Gasteiger partial charge in [-0.2, -0.15) is 0 Å². The van der Waals surface area contributed by atoms with Gasteiger partial charge >= 0.3 is 12.0 Å². The number of carboxylic acids is 1. The van der Waals surface area contributed by atoms with E-state index in [0.29, 0.717) is 19.8 Å². The van der Waals surface area contributed by atoms with Crippen molar-refractivity contribution in [1.82, 2.24) is 10.2 Å². The molecule has 0 aromatic heterocycles. The average Bonchev–Trinajstić information content (AvgIpc) is 2.26. The molecule has 18 heavy (non-hydrogen) atoms. The molecule has 1 fully saturated rings. The number of hydrogen-bond acceptors (Lipinski definition) is 3. The maximum atomic E-state index is 12.1. The van der Waals surface area contributed by atoms with E-state index in [0.717, 1.165) is 0 Å². The highest BCUT2D eigenvalue weighted by Crippen LogP contribution is 2.19. The van der Waals surface area contributed by atoms with Gasteiger partial charge in [0, 0.05) is 12.6 Å². The van der Waals surface area contributed by atoms with E-state index >= 15 is 0 Å². The van der Waals surface area contributed by atoms with Gasteiger partial charge in [-0.05, 0) is 27.7 Å². The molecule has 1 aliphatic rings. The third kappa shape index (κ3) is 3.35. The number of carbonyl (C=O) groups is 2. The summed E-state index contributed by atoms with van der Waals surface area (Å²) in [6.07, 6.45) is 0. The predicted octanol–water partition coefficient (Wildman–Crippen LogP) is 0.916. The molecule has 2 atom stereocenters. The van der Waals surface area contributed by atoms with Crippen molar-refractivity contribution >= 4 is 12.0 Å². The number of morpholine rings is 1. The fraction of sp³-hybridized carbons (Fsp3) is 0.833. The highest BCUT2D eigenvalue weighted by Gasteiger charge is 2.35. The highest BCUT2D eigenvalue weighted by atomic mass is 16.5. The van der Waals surface area contributed by atoms with Crippen molar-refractivity contribution in [3.63, 3.8) is 0 Å². The summed E-state index contributed by atoms with van der Waals surface area (Å²) < 4.78 is 5.34. The van der Waals surface area contributed by atoms with Gasteiger partial charge in [-0.15, -0.1) is 0 Å². The van der Waals surface area contributed by atoms with Crippen LogP contribution in [-0.2, 0) is 9.53 Å². The molecule has 0 radical (unpaired) electrons. The number of aliphatic carboxylic acids is 1. The van der Waals surface area contributed by atoms with Gasteiger partial charge in [0.25, 0.3) is 0 Å². The molecule has 1 saturated heterocycles. The molecule has 1 rings (SSSR count). The van der Waals surface area contributed by atoms with Crippen LogP contribution in [0.3, 0.4) is 0 Å². The Morgan fingerprint density at radius 2 is 2.00 bits per heavy atom. The summed E-state index contributed by atoms with van der Waals surface area (Å²) in [7, 11) is 0. The molecule has 1 heterocycles. The summed E-state index contributed by atoms with van der Waals surface area (Å²) >= 11 is 0. The van der Waals surface area contributed by atoms with Gasteiger partial charge in [-0.25, -0.2) is 4.79 Å². The van der Waals surface area contributed by atoms with Crippen LogP contribution in [0, 0.1) is 5.92 Å². The lowest BCUT2D eigenvalue weighted by Gasteiger charge is -2.42. The number of nitrogens with one attached hydrogen (secondary N) is 1. The van der Waals surface area contributed by atoms with Crippen LogP contribution in [0.15, 0.2) is 0 Å². The van der Waals surface area contributed by atoms with E-state index in [4.69, 9.17) is 9.84 Å². The topological polar surface area (TPSA) is 78.9 Å². The van der Waals surface area contributed by atoms with Gasteiger partial charge in [-0.1, -0.05) is 0 Å².